The molecule has 52 heavy (non-hydrogen) atoms. The summed E-state index contributed by atoms with van der Waals surface area (Å²) in [6.45, 7) is 1.69. The summed E-state index contributed by atoms with van der Waals surface area (Å²) >= 11 is 0. The minimum atomic E-state index is -1.57. The number of carbonyl (C=O) groups is 2. The third kappa shape index (κ3) is 5.87. The van der Waals surface area contributed by atoms with Crippen LogP contribution in [0.25, 0.3) is 10.8 Å². The van der Waals surface area contributed by atoms with Crippen LogP contribution in [0.3, 0.4) is 0 Å². The van der Waals surface area contributed by atoms with Gasteiger partial charge in [-0.05, 0) is 41.1 Å². The molecule has 4 heterocycles. The number of phenolic OH excluding ortho intramolecular Hbond substituents is 1. The van der Waals surface area contributed by atoms with Crippen molar-refractivity contribution >= 4 is 28.7 Å². The average Bonchev–Trinajstić information content (AvgIpc) is 3.69. The molecule has 5 aliphatic rings. The molecule has 3 N–H and O–H groups in total. The number of hydrogen-bond acceptors (Lipinski definition) is 11. The van der Waals surface area contributed by atoms with E-state index in [1.807, 2.05) is 30.7 Å². The van der Waals surface area contributed by atoms with E-state index in [1.165, 1.54) is 18.1 Å². The number of fused-ring (bicyclic) bond motifs is 5. The Kier molecular flexibility index (Phi) is 8.72. The largest absolute Gasteiger partial charge is 0.506 e. The topological polar surface area (TPSA) is 157 Å². The number of hydrogen-bond donors (Lipinski definition) is 3. The van der Waals surface area contributed by atoms with E-state index in [2.05, 4.69) is 17.0 Å². The minimum Gasteiger partial charge on any atom is -0.506 e. The van der Waals surface area contributed by atoms with Crippen LogP contribution >= 0.6 is 0 Å². The average molecular weight is 704 g/mol. The third-order valence-corrected chi connectivity index (χ3v) is 9.91. The fourth-order valence-corrected chi connectivity index (χ4v) is 7.28. The number of amides is 1. The lowest BCUT2D eigenvalue weighted by Gasteiger charge is -2.41. The number of phenols is 1. The number of allylic oxidation sites excluding steroid dienone is 4. The second kappa shape index (κ2) is 13.5. The standard InChI is InChI=1S/C40H34N2O10/c1-21-13-23-14-25(48-2)15-31-34(23)36(45)33(21)30(43)18-42-17-28-22(7-5-10-27(28)39(42)47)8-6-12-50-38-35(44)32(52-40(51-31)37(38)46)20-49-19-24-16-41-29-11-4-3-9-26(24)29/h3-5,7,9-11,13-16,32,35,37-38,40,44,46H,8,17-20H2,1-2H3/p+1. The van der Waals surface area contributed by atoms with Crippen molar-refractivity contribution in [3.63, 3.8) is 0 Å². The molecular formula is C40H35N2O10+. The van der Waals surface area contributed by atoms with Crippen LogP contribution in [0.4, 0.5) is 0 Å². The summed E-state index contributed by atoms with van der Waals surface area (Å²) in [6.07, 6.45) is 5.49. The summed E-state index contributed by atoms with van der Waals surface area (Å²) in [5.41, 5.74) is 5.14. The molecule has 0 aromatic heterocycles. The molecule has 3 aromatic rings. The molecule has 0 saturated carbocycles. The normalized spacial score (nSPS) is 24.7. The van der Waals surface area contributed by atoms with Gasteiger partial charge in [0.2, 0.25) is 6.29 Å². The molecule has 6 bridgehead atoms. The second-order valence-electron chi connectivity index (χ2n) is 13.2. The first-order valence-corrected chi connectivity index (χ1v) is 16.9. The van der Waals surface area contributed by atoms with Gasteiger partial charge in [0.15, 0.2) is 23.7 Å². The summed E-state index contributed by atoms with van der Waals surface area (Å²) < 4.78 is 29.8. The predicted octanol–water partition coefficient (Wildman–Crippen LogP) is 3.48. The number of ketones is 1. The van der Waals surface area contributed by atoms with Crippen molar-refractivity contribution in [2.75, 3.05) is 26.9 Å². The zero-order valence-electron chi connectivity index (χ0n) is 28.4. The highest BCUT2D eigenvalue weighted by Gasteiger charge is 2.48. The molecule has 1 amide bonds. The summed E-state index contributed by atoms with van der Waals surface area (Å²) in [5, 5.41) is 35.4. The number of aliphatic hydroxyl groups is 2. The minimum absolute atomic E-state index is 0.0287. The van der Waals surface area contributed by atoms with E-state index >= 15 is 0 Å². The maximum absolute atomic E-state index is 13.9. The smallest absolute Gasteiger partial charge is 0.254 e. The molecule has 0 radical (unpaired) electrons. The molecule has 8 rings (SSSR count). The van der Waals surface area contributed by atoms with Crippen LogP contribution in [0.15, 0.2) is 76.5 Å². The van der Waals surface area contributed by atoms with Crippen molar-refractivity contribution in [1.29, 1.82) is 0 Å². The lowest BCUT2D eigenvalue weighted by atomic mass is 9.96. The zero-order valence-corrected chi connectivity index (χ0v) is 28.4. The lowest BCUT2D eigenvalue weighted by molar-refractivity contribution is -0.278. The van der Waals surface area contributed by atoms with E-state index in [9.17, 15) is 24.9 Å². The zero-order chi connectivity index (χ0) is 36.1. The summed E-state index contributed by atoms with van der Waals surface area (Å²) in [6, 6.07) is 10.2. The molecule has 5 atom stereocenters. The molecule has 12 nitrogen and oxygen atoms in total. The molecule has 1 fully saturated rings. The Labute approximate surface area is 299 Å². The SMILES string of the molecule is COc1cc2c3c(O)c(c(C)cc3c1)C(=O)CN1Cc3c(cccc3C1=O)CC#COC1C(O)C(COCC3=C4[CH+]C=CC=C4N=C3)OC(O2)C1O. The third-order valence-electron chi connectivity index (χ3n) is 9.91. The van der Waals surface area contributed by atoms with Crippen LogP contribution in [-0.2, 0) is 27.2 Å². The number of ether oxygens (including phenoxy) is 5. The van der Waals surface area contributed by atoms with Gasteiger partial charge in [-0.2, -0.15) is 4.99 Å². The predicted molar refractivity (Wildman–Crippen MR) is 188 cm³/mol. The van der Waals surface area contributed by atoms with Gasteiger partial charge in [0.1, 0.15) is 47.7 Å². The molecular weight excluding hydrogens is 668 g/mol. The quantitative estimate of drug-likeness (QED) is 0.266. The number of aryl methyl sites for hydroxylation is 1. The number of Topliss-reactive ketones (excluding diaryl/α,β-unsaturated/α-hetero) is 1. The molecule has 5 unspecified atom stereocenters. The number of methoxy groups -OCH3 is 1. The van der Waals surface area contributed by atoms with Gasteiger partial charge in [0, 0.05) is 49.2 Å². The monoisotopic (exact) mass is 703 g/mol. The Hall–Kier alpha value is -5.58. The Morgan fingerprint density at radius 2 is 2.00 bits per heavy atom. The fraction of sp³-hybridized carbons (Fsp3) is 0.300. The Bertz CT molecular complexity index is 2190. The molecule has 264 valence electrons. The van der Waals surface area contributed by atoms with Crippen LogP contribution in [0.1, 0.15) is 37.4 Å². The summed E-state index contributed by atoms with van der Waals surface area (Å²) in [5.74, 6) is 2.24. The highest BCUT2D eigenvalue weighted by atomic mass is 16.7. The Morgan fingerprint density at radius 1 is 1.13 bits per heavy atom. The van der Waals surface area contributed by atoms with Crippen molar-refractivity contribution in [2.24, 2.45) is 4.99 Å². The Balaban J connectivity index is 1.17. The molecule has 0 spiro atoms. The van der Waals surface area contributed by atoms with Crippen molar-refractivity contribution < 1.29 is 48.6 Å². The number of benzene rings is 3. The molecule has 12 heteroatoms. The van der Waals surface area contributed by atoms with Crippen molar-refractivity contribution in [1.82, 2.24) is 4.90 Å². The number of rotatable bonds is 5. The van der Waals surface area contributed by atoms with Crippen LogP contribution < -0.4 is 9.47 Å². The highest BCUT2D eigenvalue weighted by Crippen LogP contribution is 2.42. The van der Waals surface area contributed by atoms with Gasteiger partial charge >= 0.3 is 0 Å². The van der Waals surface area contributed by atoms with E-state index in [0.29, 0.717) is 22.3 Å². The number of carbonyl (C=O) groups excluding carboxylic acids is 2. The highest BCUT2D eigenvalue weighted by molar-refractivity contribution is 6.10. The number of aliphatic hydroxyl groups excluding tert-OH is 2. The number of aromatic hydroxyl groups is 1. The van der Waals surface area contributed by atoms with Gasteiger partial charge in [0.25, 0.3) is 5.91 Å². The number of nitrogens with zero attached hydrogens (tertiary/aromatic N) is 2. The van der Waals surface area contributed by atoms with E-state index in [-0.39, 0.29) is 61.1 Å². The first kappa shape index (κ1) is 33.6. The van der Waals surface area contributed by atoms with E-state index in [4.69, 9.17) is 23.7 Å². The molecule has 1 saturated heterocycles. The fourth-order valence-electron chi connectivity index (χ4n) is 7.28. The van der Waals surface area contributed by atoms with Gasteiger partial charge < -0.3 is 43.9 Å². The summed E-state index contributed by atoms with van der Waals surface area (Å²) in [7, 11) is 1.47. The maximum Gasteiger partial charge on any atom is 0.254 e. The second-order valence-corrected chi connectivity index (χ2v) is 13.2. The Morgan fingerprint density at radius 3 is 2.85 bits per heavy atom. The lowest BCUT2D eigenvalue weighted by Crippen LogP contribution is -2.60. The van der Waals surface area contributed by atoms with Crippen molar-refractivity contribution in [3.05, 3.63) is 106 Å². The first-order chi connectivity index (χ1) is 25.2. The van der Waals surface area contributed by atoms with Gasteiger partial charge in [-0.25, -0.2) is 0 Å². The van der Waals surface area contributed by atoms with E-state index in [1.54, 1.807) is 37.4 Å². The van der Waals surface area contributed by atoms with Gasteiger partial charge in [-0.1, -0.05) is 24.1 Å². The van der Waals surface area contributed by atoms with Crippen LogP contribution in [0.2, 0.25) is 0 Å². The summed E-state index contributed by atoms with van der Waals surface area (Å²) in [4.78, 5) is 33.2. The van der Waals surface area contributed by atoms with Crippen LogP contribution in [0, 0.1) is 25.4 Å². The van der Waals surface area contributed by atoms with Crippen molar-refractivity contribution in [3.8, 4) is 29.3 Å². The number of aliphatic imine (C=N–C) groups is 1. The molecule has 3 aromatic carbocycles. The van der Waals surface area contributed by atoms with E-state index in [0.717, 1.165) is 28.0 Å². The maximum atomic E-state index is 13.9. The van der Waals surface area contributed by atoms with Crippen LogP contribution in [0.5, 0.6) is 17.2 Å². The van der Waals surface area contributed by atoms with E-state index < -0.39 is 36.5 Å². The first-order valence-electron chi connectivity index (χ1n) is 16.9. The van der Waals surface area contributed by atoms with Crippen molar-refractivity contribution in [2.45, 2.75) is 50.6 Å². The van der Waals surface area contributed by atoms with Gasteiger partial charge in [0.05, 0.1) is 43.0 Å². The van der Waals surface area contributed by atoms with Gasteiger partial charge in [-0.15, -0.1) is 0 Å². The molecule has 1 aliphatic carbocycles. The van der Waals surface area contributed by atoms with Crippen LogP contribution in [-0.4, -0.2) is 95.7 Å². The van der Waals surface area contributed by atoms with Gasteiger partial charge in [-0.3, -0.25) is 9.59 Å². The molecule has 4 aliphatic heterocycles.